The van der Waals surface area contributed by atoms with E-state index in [1.54, 1.807) is 35.1 Å². The Morgan fingerprint density at radius 3 is 2.63 bits per heavy atom. The zero-order valence-corrected chi connectivity index (χ0v) is 20.9. The summed E-state index contributed by atoms with van der Waals surface area (Å²) < 4.78 is 1.69. The maximum atomic E-state index is 11.3. The molecule has 0 radical (unpaired) electrons. The number of aromatic nitrogens is 6. The molecular formula is C27H27N9O2. The van der Waals surface area contributed by atoms with Crippen molar-refractivity contribution in [1.29, 1.82) is 5.26 Å². The van der Waals surface area contributed by atoms with Gasteiger partial charge in [-0.25, -0.2) is 14.6 Å². The van der Waals surface area contributed by atoms with Crippen molar-refractivity contribution >= 4 is 11.9 Å². The number of nitriles is 1. The lowest BCUT2D eigenvalue weighted by Crippen LogP contribution is -2.38. The van der Waals surface area contributed by atoms with E-state index in [9.17, 15) is 15.2 Å². The first kappa shape index (κ1) is 25.0. The van der Waals surface area contributed by atoms with Crippen LogP contribution in [0.25, 0.3) is 22.6 Å². The second-order valence-corrected chi connectivity index (χ2v) is 9.37. The number of hydrogen-bond acceptors (Lipinski definition) is 9. The number of nitrogens with two attached hydrogens (primary N) is 1. The average molecular weight is 510 g/mol. The van der Waals surface area contributed by atoms with E-state index in [4.69, 9.17) is 10.7 Å². The van der Waals surface area contributed by atoms with Crippen LogP contribution in [-0.2, 0) is 11.3 Å². The van der Waals surface area contributed by atoms with E-state index in [1.807, 2.05) is 24.3 Å². The van der Waals surface area contributed by atoms with Gasteiger partial charge < -0.3 is 10.8 Å². The third kappa shape index (κ3) is 5.50. The first-order valence-corrected chi connectivity index (χ1v) is 12.4. The van der Waals surface area contributed by atoms with Gasteiger partial charge in [-0.2, -0.15) is 5.26 Å². The highest BCUT2D eigenvalue weighted by molar-refractivity contribution is 5.70. The zero-order chi connectivity index (χ0) is 26.6. The fraction of sp³-hybridized carbons (Fsp3) is 0.296. The standard InChI is InChI=1S/C27H27N9O2/c1-17(35-10-8-19(9-11-35)26(37)38)22-7-3-6-21(30-22)15-36-16-25(33-34-36)24-13-23(31-27(29)32-24)20-5-2-4-18(12-20)14-28/h2-7,12-13,16-17,19H,8-11,15H2,1H3,(H,37,38)(H2,29,31,32). The fourth-order valence-corrected chi connectivity index (χ4v) is 4.69. The molecule has 1 fully saturated rings. The van der Waals surface area contributed by atoms with E-state index in [-0.39, 0.29) is 17.9 Å². The number of nitrogens with zero attached hydrogens (tertiary/aromatic N) is 8. The molecule has 1 aliphatic rings. The third-order valence-corrected chi connectivity index (χ3v) is 6.84. The Hall–Kier alpha value is -4.69. The van der Waals surface area contributed by atoms with Gasteiger partial charge >= 0.3 is 5.97 Å². The second-order valence-electron chi connectivity index (χ2n) is 9.37. The molecule has 1 aromatic carbocycles. The number of anilines is 1. The normalized spacial score (nSPS) is 15.2. The summed E-state index contributed by atoms with van der Waals surface area (Å²) in [6, 6.07) is 17.0. The third-order valence-electron chi connectivity index (χ3n) is 6.84. The van der Waals surface area contributed by atoms with Gasteiger partial charge in [0.05, 0.1) is 53.1 Å². The number of likely N-dealkylation sites (tertiary alicyclic amines) is 1. The van der Waals surface area contributed by atoms with Crippen LogP contribution < -0.4 is 5.73 Å². The second kappa shape index (κ2) is 10.7. The molecule has 11 nitrogen and oxygen atoms in total. The minimum Gasteiger partial charge on any atom is -0.481 e. The van der Waals surface area contributed by atoms with Gasteiger partial charge in [-0.3, -0.25) is 14.7 Å². The van der Waals surface area contributed by atoms with Crippen molar-refractivity contribution in [3.63, 3.8) is 0 Å². The van der Waals surface area contributed by atoms with E-state index in [2.05, 4.69) is 38.2 Å². The molecule has 1 unspecified atom stereocenters. The highest BCUT2D eigenvalue weighted by atomic mass is 16.4. The average Bonchev–Trinajstić information content (AvgIpc) is 3.41. The first-order chi connectivity index (χ1) is 18.4. The molecule has 1 atom stereocenters. The summed E-state index contributed by atoms with van der Waals surface area (Å²) >= 11 is 0. The lowest BCUT2D eigenvalue weighted by molar-refractivity contribution is -0.143. The van der Waals surface area contributed by atoms with Crippen LogP contribution in [0.2, 0.25) is 0 Å². The van der Waals surface area contributed by atoms with Crippen LogP contribution >= 0.6 is 0 Å². The molecule has 5 rings (SSSR count). The number of carbonyl (C=O) groups is 1. The molecule has 4 aromatic rings. The lowest BCUT2D eigenvalue weighted by atomic mass is 9.95. The monoisotopic (exact) mass is 509 g/mol. The summed E-state index contributed by atoms with van der Waals surface area (Å²) in [4.78, 5) is 27.0. The van der Waals surface area contributed by atoms with Gasteiger partial charge in [-0.15, -0.1) is 5.10 Å². The molecule has 0 aliphatic carbocycles. The van der Waals surface area contributed by atoms with Crippen molar-refractivity contribution in [2.24, 2.45) is 5.92 Å². The molecule has 0 spiro atoms. The van der Waals surface area contributed by atoms with Crippen LogP contribution in [0, 0.1) is 17.2 Å². The number of carboxylic acid groups (broad SMARTS) is 1. The molecule has 0 bridgehead atoms. The van der Waals surface area contributed by atoms with E-state index >= 15 is 0 Å². The van der Waals surface area contributed by atoms with E-state index in [1.165, 1.54) is 0 Å². The predicted molar refractivity (Wildman–Crippen MR) is 139 cm³/mol. The Morgan fingerprint density at radius 1 is 1.11 bits per heavy atom. The summed E-state index contributed by atoms with van der Waals surface area (Å²) in [5.74, 6) is -0.868. The molecule has 0 amide bonds. The highest BCUT2D eigenvalue weighted by Gasteiger charge is 2.27. The van der Waals surface area contributed by atoms with Gasteiger partial charge in [0.2, 0.25) is 5.95 Å². The van der Waals surface area contributed by atoms with E-state index < -0.39 is 5.97 Å². The number of aliphatic carboxylic acids is 1. The van der Waals surface area contributed by atoms with Crippen molar-refractivity contribution < 1.29 is 9.90 Å². The maximum absolute atomic E-state index is 11.3. The quantitative estimate of drug-likeness (QED) is 0.379. The Morgan fingerprint density at radius 2 is 1.87 bits per heavy atom. The Kier molecular flexibility index (Phi) is 7.06. The summed E-state index contributed by atoms with van der Waals surface area (Å²) in [7, 11) is 0. The van der Waals surface area contributed by atoms with Crippen LogP contribution in [0.1, 0.15) is 42.8 Å². The van der Waals surface area contributed by atoms with Gasteiger partial charge in [0.25, 0.3) is 0 Å². The molecule has 38 heavy (non-hydrogen) atoms. The number of rotatable bonds is 7. The summed E-state index contributed by atoms with van der Waals surface area (Å²) in [6.45, 7) is 4.00. The summed E-state index contributed by atoms with van der Waals surface area (Å²) in [6.07, 6.45) is 3.09. The van der Waals surface area contributed by atoms with Crippen LogP contribution in [0.3, 0.4) is 0 Å². The molecule has 4 heterocycles. The smallest absolute Gasteiger partial charge is 0.306 e. The minimum atomic E-state index is -0.710. The minimum absolute atomic E-state index is 0.0814. The number of benzene rings is 1. The van der Waals surface area contributed by atoms with Gasteiger partial charge in [0.15, 0.2) is 0 Å². The SMILES string of the molecule is CC(c1cccc(Cn2cc(-c3cc(-c4cccc(C#N)c4)nc(N)n3)nn2)n1)N1CCC(C(=O)O)CC1. The number of hydrogen-bond donors (Lipinski definition) is 2. The van der Waals surface area contributed by atoms with Crippen LogP contribution in [0.4, 0.5) is 5.95 Å². The zero-order valence-electron chi connectivity index (χ0n) is 20.9. The van der Waals surface area contributed by atoms with Crippen LogP contribution in [0.5, 0.6) is 0 Å². The molecule has 192 valence electrons. The van der Waals surface area contributed by atoms with E-state index in [0.29, 0.717) is 42.0 Å². The predicted octanol–water partition coefficient (Wildman–Crippen LogP) is 3.16. The van der Waals surface area contributed by atoms with Gasteiger partial charge in [-0.05, 0) is 63.2 Å². The molecule has 11 heteroatoms. The van der Waals surface area contributed by atoms with Gasteiger partial charge in [-0.1, -0.05) is 23.4 Å². The van der Waals surface area contributed by atoms with Crippen LogP contribution in [0.15, 0.2) is 54.7 Å². The Bertz CT molecular complexity index is 1500. The topological polar surface area (TPSA) is 160 Å². The molecule has 0 saturated carbocycles. The number of carboxylic acids is 1. The first-order valence-electron chi connectivity index (χ1n) is 12.4. The van der Waals surface area contributed by atoms with Crippen LogP contribution in [-0.4, -0.2) is 59.0 Å². The van der Waals surface area contributed by atoms with Crippen molar-refractivity contribution in [3.05, 3.63) is 71.7 Å². The molecule has 3 N–H and O–H groups in total. The number of pyridine rings is 1. The highest BCUT2D eigenvalue weighted by Crippen LogP contribution is 2.27. The Labute approximate surface area is 219 Å². The largest absolute Gasteiger partial charge is 0.481 e. The Balaban J connectivity index is 1.31. The number of nitrogen functional groups attached to an aromatic ring is 1. The molecule has 1 aliphatic heterocycles. The molecular weight excluding hydrogens is 482 g/mol. The van der Waals surface area contributed by atoms with Crippen molar-refractivity contribution in [2.75, 3.05) is 18.8 Å². The summed E-state index contributed by atoms with van der Waals surface area (Å²) in [5.41, 5.74) is 10.7. The van der Waals surface area contributed by atoms with Crippen molar-refractivity contribution in [1.82, 2.24) is 34.8 Å². The summed E-state index contributed by atoms with van der Waals surface area (Å²) in [5, 5.41) is 27.0. The maximum Gasteiger partial charge on any atom is 0.306 e. The molecule has 1 saturated heterocycles. The van der Waals surface area contributed by atoms with Crippen molar-refractivity contribution in [2.45, 2.75) is 32.4 Å². The number of piperidine rings is 1. The molecule has 3 aromatic heterocycles. The van der Waals surface area contributed by atoms with Gasteiger partial charge in [0, 0.05) is 11.6 Å². The van der Waals surface area contributed by atoms with Gasteiger partial charge in [0.1, 0.15) is 5.69 Å². The fourth-order valence-electron chi connectivity index (χ4n) is 4.69. The van der Waals surface area contributed by atoms with E-state index in [0.717, 1.165) is 30.0 Å². The lowest BCUT2D eigenvalue weighted by Gasteiger charge is -2.34. The van der Waals surface area contributed by atoms with Crippen molar-refractivity contribution in [3.8, 4) is 28.7 Å².